The molecule has 0 bridgehead atoms. The molecule has 2 heteroatoms. The van der Waals surface area contributed by atoms with E-state index in [1.54, 1.807) is 0 Å². The zero-order chi connectivity index (χ0) is 15.3. The van der Waals surface area contributed by atoms with E-state index in [2.05, 4.69) is 12.1 Å². The molecule has 2 aromatic carbocycles. The molecule has 0 saturated carbocycles. The molecule has 1 unspecified atom stereocenters. The number of hydrogen-bond acceptors (Lipinski definition) is 2. The lowest BCUT2D eigenvalue weighted by molar-refractivity contribution is -0.138. The summed E-state index contributed by atoms with van der Waals surface area (Å²) in [7, 11) is 0. The van der Waals surface area contributed by atoms with Gasteiger partial charge in [-0.3, -0.25) is 0 Å². The molecule has 2 aliphatic rings. The Morgan fingerprint density at radius 2 is 1.32 bits per heavy atom. The summed E-state index contributed by atoms with van der Waals surface area (Å²) in [6, 6.07) is 19.9. The Bertz CT molecular complexity index is 829. The molecule has 1 aliphatic heterocycles. The average Bonchev–Trinajstić information content (AvgIpc) is 3.04. The van der Waals surface area contributed by atoms with Crippen LogP contribution in [0, 0.1) is 0 Å². The normalized spacial score (nSPS) is 23.3. The summed E-state index contributed by atoms with van der Waals surface area (Å²) in [5.41, 5.74) is 5.41. The second kappa shape index (κ2) is 4.44. The van der Waals surface area contributed by atoms with Gasteiger partial charge in [0.2, 0.25) is 0 Å². The van der Waals surface area contributed by atoms with Gasteiger partial charge in [-0.15, -0.1) is 0 Å². The first-order valence-electron chi connectivity index (χ1n) is 7.43. The summed E-state index contributed by atoms with van der Waals surface area (Å²) in [4.78, 5) is 12.5. The third-order valence-electron chi connectivity index (χ3n) is 4.67. The van der Waals surface area contributed by atoms with Gasteiger partial charge in [0.1, 0.15) is 0 Å². The fourth-order valence-corrected chi connectivity index (χ4v) is 3.54. The maximum Gasteiger partial charge on any atom is 0.340 e. The van der Waals surface area contributed by atoms with Crippen molar-refractivity contribution in [3.63, 3.8) is 0 Å². The number of rotatable bonds is 2. The van der Waals surface area contributed by atoms with Gasteiger partial charge in [-0.2, -0.15) is 0 Å². The Labute approximate surface area is 129 Å². The number of esters is 1. The highest BCUT2D eigenvalue weighted by molar-refractivity contribution is 6.24. The number of hydrogen-bond donors (Lipinski definition) is 0. The van der Waals surface area contributed by atoms with E-state index in [9.17, 15) is 4.79 Å². The molecule has 1 spiro atoms. The zero-order valence-corrected chi connectivity index (χ0v) is 12.6. The molecule has 0 N–H and O–H groups in total. The minimum atomic E-state index is -0.608. The van der Waals surface area contributed by atoms with Crippen molar-refractivity contribution in [2.75, 3.05) is 0 Å². The van der Waals surface area contributed by atoms with Gasteiger partial charge in [0.05, 0.1) is 5.57 Å². The SMILES string of the molecule is CC1=C(c2ccccc2)C(=O)OC12C(C)=C2c1ccccc1. The zero-order valence-electron chi connectivity index (χ0n) is 12.6. The molecule has 0 aromatic heterocycles. The molecule has 2 aromatic rings. The Morgan fingerprint density at radius 3 is 1.91 bits per heavy atom. The Hall–Kier alpha value is -2.61. The van der Waals surface area contributed by atoms with Crippen LogP contribution in [0.25, 0.3) is 11.1 Å². The second-order valence-corrected chi connectivity index (χ2v) is 5.80. The van der Waals surface area contributed by atoms with E-state index in [-0.39, 0.29) is 5.97 Å². The quantitative estimate of drug-likeness (QED) is 0.772. The summed E-state index contributed by atoms with van der Waals surface area (Å²) in [6.45, 7) is 4.06. The van der Waals surface area contributed by atoms with Crippen LogP contribution in [-0.2, 0) is 9.53 Å². The highest BCUT2D eigenvalue weighted by Crippen LogP contribution is 2.61. The van der Waals surface area contributed by atoms with Gasteiger partial charge in [-0.05, 0) is 36.1 Å². The first-order valence-corrected chi connectivity index (χ1v) is 7.43. The first-order chi connectivity index (χ1) is 10.7. The predicted octanol–water partition coefficient (Wildman–Crippen LogP) is 4.24. The molecular weight excluding hydrogens is 272 g/mol. The van der Waals surface area contributed by atoms with E-state index < -0.39 is 5.60 Å². The average molecular weight is 288 g/mol. The van der Waals surface area contributed by atoms with E-state index in [1.807, 2.05) is 62.4 Å². The standard InChI is InChI=1S/C20H16O2/c1-13-17(15-9-5-3-6-10-15)19(21)22-20(13)14(2)18(20)16-11-7-4-8-12-16/h3-12H,1-2H3. The van der Waals surface area contributed by atoms with Crippen LogP contribution in [0.5, 0.6) is 0 Å². The number of ether oxygens (including phenoxy) is 1. The third kappa shape index (κ3) is 1.58. The Kier molecular flexibility index (Phi) is 2.64. The van der Waals surface area contributed by atoms with Crippen LogP contribution in [0.3, 0.4) is 0 Å². The number of benzene rings is 2. The minimum Gasteiger partial charge on any atom is -0.441 e. The van der Waals surface area contributed by atoms with Crippen molar-refractivity contribution < 1.29 is 9.53 Å². The molecule has 0 amide bonds. The van der Waals surface area contributed by atoms with Gasteiger partial charge in [0.15, 0.2) is 5.60 Å². The Morgan fingerprint density at radius 1 is 0.773 bits per heavy atom. The molecule has 1 aliphatic carbocycles. The lowest BCUT2D eigenvalue weighted by Crippen LogP contribution is -2.18. The van der Waals surface area contributed by atoms with Crippen LogP contribution in [0.2, 0.25) is 0 Å². The molecule has 1 atom stereocenters. The fourth-order valence-electron chi connectivity index (χ4n) is 3.54. The van der Waals surface area contributed by atoms with Crippen molar-refractivity contribution in [1.82, 2.24) is 0 Å². The summed E-state index contributed by atoms with van der Waals surface area (Å²) in [5.74, 6) is -0.228. The largest absolute Gasteiger partial charge is 0.441 e. The monoisotopic (exact) mass is 288 g/mol. The van der Waals surface area contributed by atoms with Gasteiger partial charge < -0.3 is 4.74 Å². The summed E-state index contributed by atoms with van der Waals surface area (Å²) < 4.78 is 5.83. The third-order valence-corrected chi connectivity index (χ3v) is 4.67. The lowest BCUT2D eigenvalue weighted by atomic mass is 9.94. The van der Waals surface area contributed by atoms with Crippen LogP contribution in [-0.4, -0.2) is 11.6 Å². The van der Waals surface area contributed by atoms with E-state index in [0.717, 1.165) is 27.8 Å². The minimum absolute atomic E-state index is 0.228. The van der Waals surface area contributed by atoms with E-state index in [0.29, 0.717) is 5.57 Å². The maximum atomic E-state index is 12.5. The molecule has 108 valence electrons. The molecular formula is C20H16O2. The Balaban J connectivity index is 1.81. The molecule has 0 fully saturated rings. The highest BCUT2D eigenvalue weighted by atomic mass is 16.6. The highest BCUT2D eigenvalue weighted by Gasteiger charge is 2.61. The first kappa shape index (κ1) is 13.1. The van der Waals surface area contributed by atoms with Crippen LogP contribution in [0.4, 0.5) is 0 Å². The molecule has 1 heterocycles. The van der Waals surface area contributed by atoms with Gasteiger partial charge >= 0.3 is 5.97 Å². The van der Waals surface area contributed by atoms with Crippen LogP contribution in [0.1, 0.15) is 25.0 Å². The van der Waals surface area contributed by atoms with Crippen molar-refractivity contribution in [2.24, 2.45) is 0 Å². The summed E-state index contributed by atoms with van der Waals surface area (Å²) in [6.07, 6.45) is 0. The molecule has 22 heavy (non-hydrogen) atoms. The maximum absolute atomic E-state index is 12.5. The molecule has 0 radical (unpaired) electrons. The van der Waals surface area contributed by atoms with Gasteiger partial charge in [0.25, 0.3) is 0 Å². The van der Waals surface area contributed by atoms with E-state index in [1.165, 1.54) is 0 Å². The summed E-state index contributed by atoms with van der Waals surface area (Å²) in [5, 5.41) is 0. The molecule has 0 saturated heterocycles. The second-order valence-electron chi connectivity index (χ2n) is 5.80. The molecule has 2 nitrogen and oxygen atoms in total. The van der Waals surface area contributed by atoms with Gasteiger partial charge in [-0.1, -0.05) is 60.7 Å². The van der Waals surface area contributed by atoms with Crippen molar-refractivity contribution in [1.29, 1.82) is 0 Å². The van der Waals surface area contributed by atoms with Crippen molar-refractivity contribution in [2.45, 2.75) is 19.4 Å². The van der Waals surface area contributed by atoms with Crippen molar-refractivity contribution in [3.8, 4) is 0 Å². The molecule has 4 rings (SSSR count). The van der Waals surface area contributed by atoms with Crippen LogP contribution in [0.15, 0.2) is 71.8 Å². The number of carbonyl (C=O) groups excluding carboxylic acids is 1. The van der Waals surface area contributed by atoms with Crippen LogP contribution < -0.4 is 0 Å². The fraction of sp³-hybridized carbons (Fsp3) is 0.150. The van der Waals surface area contributed by atoms with Gasteiger partial charge in [-0.25, -0.2) is 4.79 Å². The lowest BCUT2D eigenvalue weighted by Gasteiger charge is -2.14. The van der Waals surface area contributed by atoms with Crippen molar-refractivity contribution in [3.05, 3.63) is 82.9 Å². The van der Waals surface area contributed by atoms with E-state index in [4.69, 9.17) is 4.74 Å². The van der Waals surface area contributed by atoms with E-state index >= 15 is 0 Å². The topological polar surface area (TPSA) is 26.3 Å². The van der Waals surface area contributed by atoms with Crippen molar-refractivity contribution >= 4 is 17.1 Å². The number of carbonyl (C=O) groups is 1. The van der Waals surface area contributed by atoms with Crippen LogP contribution >= 0.6 is 0 Å². The smallest absolute Gasteiger partial charge is 0.340 e. The predicted molar refractivity (Wildman–Crippen MR) is 86.9 cm³/mol. The summed E-state index contributed by atoms with van der Waals surface area (Å²) >= 11 is 0. The van der Waals surface area contributed by atoms with Gasteiger partial charge in [0, 0.05) is 5.57 Å².